The van der Waals surface area contributed by atoms with Crippen molar-refractivity contribution in [1.29, 1.82) is 0 Å². The van der Waals surface area contributed by atoms with Gasteiger partial charge in [-0.05, 0) is 37.0 Å². The van der Waals surface area contributed by atoms with Crippen molar-refractivity contribution in [2.75, 3.05) is 29.9 Å². The minimum Gasteiger partial charge on any atom is -0.481 e. The number of nitrogens with zero attached hydrogens (tertiary/aromatic N) is 2. The molecule has 1 saturated heterocycles. The third kappa shape index (κ3) is 3.40. The van der Waals surface area contributed by atoms with Crippen LogP contribution in [0.1, 0.15) is 42.0 Å². The van der Waals surface area contributed by atoms with E-state index in [9.17, 15) is 4.79 Å². The number of benzene rings is 1. The first-order valence-corrected chi connectivity index (χ1v) is 9.78. The van der Waals surface area contributed by atoms with Crippen LogP contribution in [0.15, 0.2) is 24.3 Å². The van der Waals surface area contributed by atoms with Gasteiger partial charge in [0.05, 0.1) is 4.88 Å². The summed E-state index contributed by atoms with van der Waals surface area (Å²) >= 11 is 1.70. The number of rotatable bonds is 4. The van der Waals surface area contributed by atoms with Crippen molar-refractivity contribution in [3.05, 3.63) is 34.7 Å². The Labute approximate surface area is 157 Å². The fourth-order valence-electron chi connectivity index (χ4n) is 3.54. The molecule has 134 valence electrons. The van der Waals surface area contributed by atoms with E-state index in [0.29, 0.717) is 12.2 Å². The van der Waals surface area contributed by atoms with Crippen molar-refractivity contribution in [2.24, 2.45) is 0 Å². The number of terminal acetylenes is 1. The predicted molar refractivity (Wildman–Crippen MR) is 104 cm³/mol. The molecule has 0 bridgehead atoms. The molecule has 0 spiro atoms. The van der Waals surface area contributed by atoms with Crippen LogP contribution < -0.4 is 15.0 Å². The van der Waals surface area contributed by atoms with Crippen LogP contribution in [0.25, 0.3) is 0 Å². The van der Waals surface area contributed by atoms with Crippen LogP contribution >= 0.6 is 11.3 Å². The lowest BCUT2D eigenvalue weighted by atomic mass is 9.91. The number of nitrogens with one attached hydrogen (secondary N) is 1. The molecule has 1 aromatic carbocycles. The molecule has 6 heteroatoms. The fraction of sp³-hybridized carbons (Fsp3) is 0.400. The van der Waals surface area contributed by atoms with Crippen LogP contribution in [0.2, 0.25) is 0 Å². The zero-order valence-corrected chi connectivity index (χ0v) is 15.3. The molecule has 1 amide bonds. The van der Waals surface area contributed by atoms with Gasteiger partial charge in [0.2, 0.25) is 5.91 Å². The number of hydrogen-bond acceptors (Lipinski definition) is 5. The highest BCUT2D eigenvalue weighted by Gasteiger charge is 2.31. The molecule has 1 fully saturated rings. The maximum atomic E-state index is 12.2. The van der Waals surface area contributed by atoms with E-state index in [2.05, 4.69) is 16.1 Å². The van der Waals surface area contributed by atoms with E-state index in [1.165, 1.54) is 19.3 Å². The summed E-state index contributed by atoms with van der Waals surface area (Å²) in [4.78, 5) is 20.4. The predicted octanol–water partition coefficient (Wildman–Crippen LogP) is 3.62. The smallest absolute Gasteiger partial charge is 0.226 e. The highest BCUT2D eigenvalue weighted by molar-refractivity contribution is 7.16. The molecule has 3 heterocycles. The van der Waals surface area contributed by atoms with Crippen LogP contribution in [0.4, 0.5) is 10.9 Å². The van der Waals surface area contributed by atoms with Gasteiger partial charge in [0, 0.05) is 25.4 Å². The highest BCUT2D eigenvalue weighted by Crippen LogP contribution is 2.44. The van der Waals surface area contributed by atoms with Gasteiger partial charge in [0.1, 0.15) is 18.2 Å². The molecule has 2 aromatic rings. The largest absolute Gasteiger partial charge is 0.481 e. The minimum absolute atomic E-state index is 0.00387. The van der Waals surface area contributed by atoms with Crippen molar-refractivity contribution < 1.29 is 9.53 Å². The molecule has 5 nitrogen and oxygen atoms in total. The van der Waals surface area contributed by atoms with Gasteiger partial charge in [-0.15, -0.1) is 6.42 Å². The Bertz CT molecular complexity index is 849. The van der Waals surface area contributed by atoms with E-state index in [0.717, 1.165) is 34.4 Å². The SMILES string of the molecule is C#CCOc1cccc([C@@H]2CC(=O)Nc3nc(N4CCCCC4)sc32)c1. The summed E-state index contributed by atoms with van der Waals surface area (Å²) in [6.45, 7) is 2.32. The molecule has 0 saturated carbocycles. The van der Waals surface area contributed by atoms with Crippen LogP contribution in [0, 0.1) is 12.3 Å². The maximum Gasteiger partial charge on any atom is 0.226 e. The second-order valence-electron chi connectivity index (χ2n) is 6.63. The van der Waals surface area contributed by atoms with Crippen molar-refractivity contribution >= 4 is 28.2 Å². The number of thiazole rings is 1. The molecule has 0 unspecified atom stereocenters. The van der Waals surface area contributed by atoms with Crippen LogP contribution in [-0.4, -0.2) is 30.6 Å². The molecule has 2 aliphatic rings. The Hall–Kier alpha value is -2.52. The van der Waals surface area contributed by atoms with Crippen molar-refractivity contribution in [2.45, 2.75) is 31.6 Å². The quantitative estimate of drug-likeness (QED) is 0.839. The fourth-order valence-corrected chi connectivity index (χ4v) is 4.74. The highest BCUT2D eigenvalue weighted by atomic mass is 32.1. The number of carbonyl (C=O) groups excluding carboxylic acids is 1. The summed E-state index contributed by atoms with van der Waals surface area (Å²) in [7, 11) is 0. The summed E-state index contributed by atoms with van der Waals surface area (Å²) in [5.74, 6) is 3.93. The summed E-state index contributed by atoms with van der Waals surface area (Å²) in [6, 6.07) is 7.84. The monoisotopic (exact) mass is 367 g/mol. The van der Waals surface area contributed by atoms with Gasteiger partial charge in [-0.1, -0.05) is 29.4 Å². The molecule has 26 heavy (non-hydrogen) atoms. The van der Waals surface area contributed by atoms with Crippen LogP contribution in [0.3, 0.4) is 0 Å². The normalized spacial score (nSPS) is 19.4. The lowest BCUT2D eigenvalue weighted by Crippen LogP contribution is -2.29. The average molecular weight is 367 g/mol. The van der Waals surface area contributed by atoms with Gasteiger partial charge in [-0.3, -0.25) is 4.79 Å². The number of fused-ring (bicyclic) bond motifs is 1. The number of carbonyl (C=O) groups is 1. The van der Waals surface area contributed by atoms with E-state index < -0.39 is 0 Å². The van der Waals surface area contributed by atoms with Gasteiger partial charge in [-0.2, -0.15) is 0 Å². The van der Waals surface area contributed by atoms with Gasteiger partial charge in [-0.25, -0.2) is 4.98 Å². The van der Waals surface area contributed by atoms with Crippen LogP contribution in [0.5, 0.6) is 5.75 Å². The third-order valence-corrected chi connectivity index (χ3v) is 6.04. The topological polar surface area (TPSA) is 54.5 Å². The maximum absolute atomic E-state index is 12.2. The Morgan fingerprint density at radius 2 is 2.19 bits per heavy atom. The van der Waals surface area contributed by atoms with E-state index in [-0.39, 0.29) is 18.4 Å². The Kier molecular flexibility index (Phi) is 4.81. The summed E-state index contributed by atoms with van der Waals surface area (Å²) in [6.07, 6.45) is 9.39. The average Bonchev–Trinajstić information content (AvgIpc) is 3.10. The first-order chi connectivity index (χ1) is 12.7. The number of piperidine rings is 1. The first kappa shape index (κ1) is 16.9. The second-order valence-corrected chi connectivity index (χ2v) is 7.64. The lowest BCUT2D eigenvalue weighted by molar-refractivity contribution is -0.116. The van der Waals surface area contributed by atoms with Gasteiger partial charge < -0.3 is 15.0 Å². The summed E-state index contributed by atoms with van der Waals surface area (Å²) in [5, 5.41) is 3.96. The van der Waals surface area contributed by atoms with Gasteiger partial charge in [0.25, 0.3) is 0 Å². The first-order valence-electron chi connectivity index (χ1n) is 8.96. The number of aromatic nitrogens is 1. The van der Waals surface area contributed by atoms with E-state index in [4.69, 9.17) is 16.1 Å². The molecule has 2 aliphatic heterocycles. The minimum atomic E-state index is 0.00387. The van der Waals surface area contributed by atoms with Gasteiger partial charge >= 0.3 is 0 Å². The molecular formula is C20H21N3O2S. The Balaban J connectivity index is 1.65. The lowest BCUT2D eigenvalue weighted by Gasteiger charge is -2.25. The zero-order valence-electron chi connectivity index (χ0n) is 14.5. The van der Waals surface area contributed by atoms with E-state index in [1.807, 2.05) is 24.3 Å². The van der Waals surface area contributed by atoms with Gasteiger partial charge in [0.15, 0.2) is 5.13 Å². The molecule has 4 rings (SSSR count). The number of anilines is 2. The molecule has 0 aliphatic carbocycles. The number of hydrogen-bond donors (Lipinski definition) is 1. The number of ether oxygens (including phenoxy) is 1. The second kappa shape index (κ2) is 7.38. The molecule has 1 atom stereocenters. The van der Waals surface area contributed by atoms with Crippen molar-refractivity contribution in [1.82, 2.24) is 4.98 Å². The standard InChI is InChI=1S/C20H21N3O2S/c1-2-11-25-15-8-6-7-14(12-15)16-13-17(24)21-19-18(16)26-20(22-19)23-9-4-3-5-10-23/h1,6-8,12,16H,3-5,9-11,13H2,(H,21,24)/t16-/m0/s1. The van der Waals surface area contributed by atoms with Crippen LogP contribution in [-0.2, 0) is 4.79 Å². The molecular weight excluding hydrogens is 346 g/mol. The Morgan fingerprint density at radius 3 is 3.00 bits per heavy atom. The van der Waals surface area contributed by atoms with E-state index >= 15 is 0 Å². The summed E-state index contributed by atoms with van der Waals surface area (Å²) in [5.41, 5.74) is 1.06. The molecule has 1 N–H and O–H groups in total. The molecule has 0 radical (unpaired) electrons. The van der Waals surface area contributed by atoms with E-state index in [1.54, 1.807) is 11.3 Å². The molecule has 1 aromatic heterocycles. The Morgan fingerprint density at radius 1 is 1.35 bits per heavy atom. The summed E-state index contributed by atoms with van der Waals surface area (Å²) < 4.78 is 5.54. The van der Waals surface area contributed by atoms with Crippen molar-refractivity contribution in [3.8, 4) is 18.1 Å². The van der Waals surface area contributed by atoms with Crippen molar-refractivity contribution in [3.63, 3.8) is 0 Å². The third-order valence-electron chi connectivity index (χ3n) is 4.82. The number of amides is 1. The zero-order chi connectivity index (χ0) is 17.9.